The van der Waals surface area contributed by atoms with Gasteiger partial charge in [0.25, 0.3) is 0 Å². The number of carbonyl (C=O) groups is 3. The highest BCUT2D eigenvalue weighted by atomic mass is 16.6. The third-order valence-electron chi connectivity index (χ3n) is 16.4. The Morgan fingerprint density at radius 2 is 0.450 bits per heavy atom. The Balaban J connectivity index is 4.26. The van der Waals surface area contributed by atoms with E-state index in [1.54, 1.807) is 0 Å². The molecule has 0 aromatic rings. The van der Waals surface area contributed by atoms with E-state index >= 15 is 0 Å². The lowest BCUT2D eigenvalue weighted by molar-refractivity contribution is -0.167. The summed E-state index contributed by atoms with van der Waals surface area (Å²) in [6.07, 6.45) is 86.0. The van der Waals surface area contributed by atoms with Gasteiger partial charge in [0.05, 0.1) is 0 Å². The van der Waals surface area contributed by atoms with Gasteiger partial charge in [-0.15, -0.1) is 0 Å². The van der Waals surface area contributed by atoms with Crippen molar-refractivity contribution in [2.24, 2.45) is 0 Å². The number of rotatable bonds is 67. The molecule has 0 N–H and O–H groups in total. The quantitative estimate of drug-likeness (QED) is 0.0261. The maximum Gasteiger partial charge on any atom is 0.306 e. The molecule has 0 radical (unpaired) electrons. The number of unbranched alkanes of at least 4 members (excludes halogenated alkanes) is 50. The van der Waals surface area contributed by atoms with Crippen LogP contribution in [0.5, 0.6) is 0 Å². The van der Waals surface area contributed by atoms with Crippen LogP contribution in [0.4, 0.5) is 0 Å². The van der Waals surface area contributed by atoms with Crippen LogP contribution in [-0.4, -0.2) is 37.2 Å². The Bertz CT molecular complexity index is 1340. The molecule has 0 heterocycles. The number of esters is 3. The van der Waals surface area contributed by atoms with Gasteiger partial charge in [0.2, 0.25) is 0 Å². The summed E-state index contributed by atoms with van der Waals surface area (Å²) in [5, 5.41) is 0. The van der Waals surface area contributed by atoms with Gasteiger partial charge in [-0.1, -0.05) is 340 Å². The van der Waals surface area contributed by atoms with E-state index in [4.69, 9.17) is 14.2 Å². The van der Waals surface area contributed by atoms with Crippen LogP contribution in [0, 0.1) is 0 Å². The smallest absolute Gasteiger partial charge is 0.306 e. The number of allylic oxidation sites excluding steroid dienone is 6. The Hall–Kier alpha value is -2.37. The molecule has 0 rings (SSSR count). The molecule has 0 aliphatic heterocycles. The first-order valence-electron chi connectivity index (χ1n) is 36.0. The van der Waals surface area contributed by atoms with Gasteiger partial charge in [0, 0.05) is 19.3 Å². The molecule has 0 aromatic heterocycles. The molecule has 1 atom stereocenters. The average molecular weight is 1120 g/mol. The van der Waals surface area contributed by atoms with E-state index in [9.17, 15) is 14.4 Å². The first-order valence-corrected chi connectivity index (χ1v) is 36.0. The van der Waals surface area contributed by atoms with Gasteiger partial charge in [-0.2, -0.15) is 0 Å². The molecule has 0 aliphatic carbocycles. The average Bonchev–Trinajstić information content (AvgIpc) is 3.46. The summed E-state index contributed by atoms with van der Waals surface area (Å²) >= 11 is 0. The summed E-state index contributed by atoms with van der Waals surface area (Å²) in [6.45, 7) is 6.68. The van der Waals surface area contributed by atoms with Gasteiger partial charge in [-0.25, -0.2) is 0 Å². The molecule has 6 nitrogen and oxygen atoms in total. The molecule has 0 saturated carbocycles. The molecule has 0 fully saturated rings. The minimum Gasteiger partial charge on any atom is -0.462 e. The summed E-state index contributed by atoms with van der Waals surface area (Å²) in [7, 11) is 0. The van der Waals surface area contributed by atoms with Crippen LogP contribution in [0.1, 0.15) is 400 Å². The van der Waals surface area contributed by atoms with Gasteiger partial charge < -0.3 is 14.2 Å². The summed E-state index contributed by atoms with van der Waals surface area (Å²) in [6, 6.07) is 0. The van der Waals surface area contributed by atoms with E-state index in [0.717, 1.165) is 77.0 Å². The van der Waals surface area contributed by atoms with Crippen molar-refractivity contribution in [2.75, 3.05) is 13.2 Å². The summed E-state index contributed by atoms with van der Waals surface area (Å²) < 4.78 is 17.0. The van der Waals surface area contributed by atoms with Crippen molar-refractivity contribution in [3.63, 3.8) is 0 Å². The molecular formula is C74H138O6. The van der Waals surface area contributed by atoms with E-state index < -0.39 is 6.10 Å². The van der Waals surface area contributed by atoms with Crippen molar-refractivity contribution >= 4 is 17.9 Å². The highest BCUT2D eigenvalue weighted by Crippen LogP contribution is 2.19. The summed E-state index contributed by atoms with van der Waals surface area (Å²) in [5.74, 6) is -0.856. The van der Waals surface area contributed by atoms with Crippen LogP contribution >= 0.6 is 0 Å². The lowest BCUT2D eigenvalue weighted by atomic mass is 10.0. The largest absolute Gasteiger partial charge is 0.462 e. The molecule has 6 heteroatoms. The van der Waals surface area contributed by atoms with Crippen molar-refractivity contribution in [1.82, 2.24) is 0 Å². The molecule has 0 aliphatic rings. The zero-order valence-corrected chi connectivity index (χ0v) is 54.1. The van der Waals surface area contributed by atoms with Crippen molar-refractivity contribution in [3.8, 4) is 0 Å². The molecule has 1 unspecified atom stereocenters. The number of carbonyl (C=O) groups excluding carboxylic acids is 3. The molecule has 0 saturated heterocycles. The predicted molar refractivity (Wildman–Crippen MR) is 349 cm³/mol. The van der Waals surface area contributed by atoms with Gasteiger partial charge >= 0.3 is 17.9 Å². The van der Waals surface area contributed by atoms with Crippen molar-refractivity contribution < 1.29 is 28.6 Å². The Kier molecular flexibility index (Phi) is 67.1. The van der Waals surface area contributed by atoms with Gasteiger partial charge in [0.1, 0.15) is 13.2 Å². The molecule has 470 valence electrons. The zero-order valence-electron chi connectivity index (χ0n) is 54.1. The highest BCUT2D eigenvalue weighted by Gasteiger charge is 2.19. The van der Waals surface area contributed by atoms with Crippen LogP contribution in [0.2, 0.25) is 0 Å². The second kappa shape index (κ2) is 69.1. The van der Waals surface area contributed by atoms with Crippen molar-refractivity contribution in [1.29, 1.82) is 0 Å². The molecule has 80 heavy (non-hydrogen) atoms. The molecule has 0 aromatic carbocycles. The van der Waals surface area contributed by atoms with Crippen LogP contribution in [0.15, 0.2) is 36.5 Å². The first kappa shape index (κ1) is 77.6. The summed E-state index contributed by atoms with van der Waals surface area (Å²) in [5.41, 5.74) is 0. The lowest BCUT2D eigenvalue weighted by Crippen LogP contribution is -2.30. The van der Waals surface area contributed by atoms with Gasteiger partial charge in [-0.3, -0.25) is 14.4 Å². The van der Waals surface area contributed by atoms with Crippen LogP contribution in [-0.2, 0) is 28.6 Å². The second-order valence-electron chi connectivity index (χ2n) is 24.5. The van der Waals surface area contributed by atoms with Gasteiger partial charge in [0.15, 0.2) is 6.10 Å². The highest BCUT2D eigenvalue weighted by molar-refractivity contribution is 5.71. The maximum atomic E-state index is 13.0. The Labute approximate surface area is 499 Å². The normalized spacial score (nSPS) is 12.2. The van der Waals surface area contributed by atoms with E-state index in [1.807, 2.05) is 0 Å². The fourth-order valence-corrected chi connectivity index (χ4v) is 10.9. The molecule has 0 amide bonds. The van der Waals surface area contributed by atoms with E-state index in [-0.39, 0.29) is 31.1 Å². The Morgan fingerprint density at radius 3 is 0.725 bits per heavy atom. The van der Waals surface area contributed by atoms with E-state index in [2.05, 4.69) is 57.2 Å². The van der Waals surface area contributed by atoms with Crippen LogP contribution < -0.4 is 0 Å². The standard InChI is InChI=1S/C74H138O6/c1-4-7-10-13-16-19-22-25-28-30-32-34-36-37-38-40-41-43-46-49-52-55-58-61-64-67-73(76)79-70-71(69-78-72(75)66-63-60-57-54-51-48-45-27-24-21-18-15-12-9-6-3)80-74(77)68-65-62-59-56-53-50-47-44-42-39-35-33-31-29-26-23-20-17-14-11-8-5-2/h18,21,27,30,32,45,71H,4-17,19-20,22-26,28-29,31,33-44,46-70H2,1-3H3/b21-18-,32-30-,45-27-. The number of hydrogen-bond donors (Lipinski definition) is 0. The SMILES string of the molecule is CCCCC/C=C\C/C=C\CCCCCCCC(=O)OCC(COC(=O)CCCCCCCCCCCCCCC/C=C\CCCCCCCCCC)OC(=O)CCCCCCCCCCCCCCCCCCCCCCCC. The van der Waals surface area contributed by atoms with Crippen LogP contribution in [0.25, 0.3) is 0 Å². The van der Waals surface area contributed by atoms with Crippen LogP contribution in [0.3, 0.4) is 0 Å². The van der Waals surface area contributed by atoms with E-state index in [0.29, 0.717) is 19.3 Å². The number of ether oxygens (including phenoxy) is 3. The topological polar surface area (TPSA) is 78.9 Å². The fourth-order valence-electron chi connectivity index (χ4n) is 10.9. The third-order valence-corrected chi connectivity index (χ3v) is 16.4. The molecular weight excluding hydrogens is 985 g/mol. The minimum atomic E-state index is -0.777. The maximum absolute atomic E-state index is 13.0. The van der Waals surface area contributed by atoms with Gasteiger partial charge in [-0.05, 0) is 77.0 Å². The zero-order chi connectivity index (χ0) is 57.8. The summed E-state index contributed by atoms with van der Waals surface area (Å²) in [4.78, 5) is 38.5. The predicted octanol–water partition coefficient (Wildman–Crippen LogP) is 24.7. The monoisotopic (exact) mass is 1120 g/mol. The second-order valence-corrected chi connectivity index (χ2v) is 24.5. The number of hydrogen-bond acceptors (Lipinski definition) is 6. The Morgan fingerprint density at radius 1 is 0.250 bits per heavy atom. The molecule has 0 spiro atoms. The lowest BCUT2D eigenvalue weighted by Gasteiger charge is -2.18. The fraction of sp³-hybridized carbons (Fsp3) is 0.878. The minimum absolute atomic E-state index is 0.0717. The molecule has 0 bridgehead atoms. The first-order chi connectivity index (χ1) is 39.5. The van der Waals surface area contributed by atoms with Crippen molar-refractivity contribution in [2.45, 2.75) is 406 Å². The van der Waals surface area contributed by atoms with E-state index in [1.165, 1.54) is 283 Å². The van der Waals surface area contributed by atoms with Crippen molar-refractivity contribution in [3.05, 3.63) is 36.5 Å². The third kappa shape index (κ3) is 66.4.